The summed E-state index contributed by atoms with van der Waals surface area (Å²) in [5.74, 6) is -0.184. The maximum absolute atomic E-state index is 12.1. The van der Waals surface area contributed by atoms with E-state index in [4.69, 9.17) is 0 Å². The molecule has 1 heterocycles. The summed E-state index contributed by atoms with van der Waals surface area (Å²) in [7, 11) is 0. The van der Waals surface area contributed by atoms with Gasteiger partial charge >= 0.3 is 0 Å². The smallest absolute Gasteiger partial charge is 0.258 e. The summed E-state index contributed by atoms with van der Waals surface area (Å²) in [5, 5.41) is 2.87. The van der Waals surface area contributed by atoms with Gasteiger partial charge in [-0.2, -0.15) is 0 Å². The largest absolute Gasteiger partial charge is 0.322 e. The number of aromatic nitrogens is 1. The Hall–Kier alpha value is -1.20. The maximum Gasteiger partial charge on any atom is 0.258 e. The zero-order valence-corrected chi connectivity index (χ0v) is 12.7. The highest BCUT2D eigenvalue weighted by molar-refractivity contribution is 9.10. The van der Waals surface area contributed by atoms with Gasteiger partial charge in [0.05, 0.1) is 5.56 Å². The van der Waals surface area contributed by atoms with Crippen molar-refractivity contribution in [2.75, 3.05) is 5.32 Å². The Morgan fingerprint density at radius 3 is 2.72 bits per heavy atom. The van der Waals surface area contributed by atoms with E-state index < -0.39 is 0 Å². The lowest BCUT2D eigenvalue weighted by Crippen LogP contribution is -2.13. The van der Waals surface area contributed by atoms with Gasteiger partial charge in [0.1, 0.15) is 4.60 Å². The number of nitrogens with zero attached hydrogens (tertiary/aromatic N) is 1. The van der Waals surface area contributed by atoms with Gasteiger partial charge in [-0.1, -0.05) is 22.0 Å². The third-order valence-electron chi connectivity index (χ3n) is 2.52. The number of hydrogen-bond donors (Lipinski definition) is 1. The van der Waals surface area contributed by atoms with Gasteiger partial charge < -0.3 is 5.32 Å². The molecule has 18 heavy (non-hydrogen) atoms. The van der Waals surface area contributed by atoms with Gasteiger partial charge in [0.15, 0.2) is 0 Å². The highest BCUT2D eigenvalue weighted by Crippen LogP contribution is 2.24. The van der Waals surface area contributed by atoms with E-state index in [1.165, 1.54) is 0 Å². The van der Waals surface area contributed by atoms with E-state index in [0.29, 0.717) is 10.2 Å². The van der Waals surface area contributed by atoms with Gasteiger partial charge in [-0.3, -0.25) is 4.79 Å². The Bertz CT molecular complexity index is 599. The van der Waals surface area contributed by atoms with Gasteiger partial charge in [-0.05, 0) is 52.7 Å². The third kappa shape index (κ3) is 2.79. The molecule has 0 unspecified atom stereocenters. The lowest BCUT2D eigenvalue weighted by atomic mass is 10.2. The molecule has 0 aliphatic carbocycles. The Labute approximate surface area is 122 Å². The molecule has 1 N–H and O–H groups in total. The summed E-state index contributed by atoms with van der Waals surface area (Å²) in [4.78, 5) is 16.1. The number of benzene rings is 1. The second kappa shape index (κ2) is 5.63. The van der Waals surface area contributed by atoms with Crippen molar-refractivity contribution in [3.05, 3.63) is 56.7 Å². The normalized spacial score (nSPS) is 10.2. The van der Waals surface area contributed by atoms with Crippen LogP contribution in [-0.4, -0.2) is 10.9 Å². The minimum absolute atomic E-state index is 0.184. The number of pyridine rings is 1. The molecule has 0 spiro atoms. The van der Waals surface area contributed by atoms with Crippen LogP contribution in [-0.2, 0) is 0 Å². The molecule has 2 aromatic rings. The van der Waals surface area contributed by atoms with E-state index in [1.54, 1.807) is 18.3 Å². The third-order valence-corrected chi connectivity index (χ3v) is 4.01. The summed E-state index contributed by atoms with van der Waals surface area (Å²) in [5.41, 5.74) is 2.29. The zero-order valence-electron chi connectivity index (χ0n) is 9.58. The van der Waals surface area contributed by atoms with E-state index in [-0.39, 0.29) is 5.91 Å². The number of anilines is 1. The predicted molar refractivity (Wildman–Crippen MR) is 78.8 cm³/mol. The van der Waals surface area contributed by atoms with Crippen molar-refractivity contribution in [3.63, 3.8) is 0 Å². The fourth-order valence-corrected chi connectivity index (χ4v) is 2.28. The second-order valence-corrected chi connectivity index (χ2v) is 5.31. The molecule has 2 rings (SSSR count). The monoisotopic (exact) mass is 368 g/mol. The lowest BCUT2D eigenvalue weighted by molar-refractivity contribution is 0.102. The molecule has 0 fully saturated rings. The van der Waals surface area contributed by atoms with E-state index in [2.05, 4.69) is 42.2 Å². The van der Waals surface area contributed by atoms with Crippen molar-refractivity contribution >= 4 is 43.5 Å². The highest BCUT2D eigenvalue weighted by Gasteiger charge is 2.12. The molecule has 1 aromatic heterocycles. The Balaban J connectivity index is 2.27. The average Bonchev–Trinajstić information content (AvgIpc) is 2.35. The topological polar surface area (TPSA) is 42.0 Å². The van der Waals surface area contributed by atoms with E-state index in [9.17, 15) is 4.79 Å². The summed E-state index contributed by atoms with van der Waals surface area (Å²) in [6.45, 7) is 1.94. The summed E-state index contributed by atoms with van der Waals surface area (Å²) >= 11 is 6.70. The fourth-order valence-electron chi connectivity index (χ4n) is 1.49. The standard InChI is InChI=1S/C13H10Br2N2O/c1-8-10(14)5-2-6-11(8)17-13(18)9-4-3-7-16-12(9)15/h2-7H,1H3,(H,17,18). The summed E-state index contributed by atoms with van der Waals surface area (Å²) in [6, 6.07) is 9.13. The fraction of sp³-hybridized carbons (Fsp3) is 0.0769. The van der Waals surface area contributed by atoms with Crippen molar-refractivity contribution in [1.82, 2.24) is 4.98 Å². The van der Waals surface area contributed by atoms with Crippen molar-refractivity contribution in [3.8, 4) is 0 Å². The van der Waals surface area contributed by atoms with Crippen molar-refractivity contribution in [2.24, 2.45) is 0 Å². The van der Waals surface area contributed by atoms with Crippen LogP contribution < -0.4 is 5.32 Å². The van der Waals surface area contributed by atoms with Crippen LogP contribution in [0, 0.1) is 6.92 Å². The van der Waals surface area contributed by atoms with Gasteiger partial charge in [0.25, 0.3) is 5.91 Å². The molecule has 0 radical (unpaired) electrons. The molecule has 0 aliphatic rings. The minimum atomic E-state index is -0.184. The molecule has 0 saturated heterocycles. The molecule has 0 bridgehead atoms. The Kier molecular flexibility index (Phi) is 4.14. The minimum Gasteiger partial charge on any atom is -0.322 e. The van der Waals surface area contributed by atoms with Gasteiger partial charge in [-0.25, -0.2) is 4.98 Å². The molecule has 0 aliphatic heterocycles. The van der Waals surface area contributed by atoms with Gasteiger partial charge in [0, 0.05) is 16.4 Å². The van der Waals surface area contributed by atoms with Crippen LogP contribution >= 0.6 is 31.9 Å². The molecular weight excluding hydrogens is 360 g/mol. The number of rotatable bonds is 2. The molecular formula is C13H10Br2N2O. The SMILES string of the molecule is Cc1c(Br)cccc1NC(=O)c1cccnc1Br. The van der Waals surface area contributed by atoms with Crippen LogP contribution in [0.1, 0.15) is 15.9 Å². The zero-order chi connectivity index (χ0) is 13.1. The summed E-state index contributed by atoms with van der Waals surface area (Å²) < 4.78 is 1.50. The first-order valence-electron chi connectivity index (χ1n) is 5.26. The average molecular weight is 370 g/mol. The van der Waals surface area contributed by atoms with Crippen LogP contribution in [0.5, 0.6) is 0 Å². The Morgan fingerprint density at radius 1 is 1.22 bits per heavy atom. The van der Waals surface area contributed by atoms with Crippen LogP contribution in [0.25, 0.3) is 0 Å². The molecule has 0 saturated carbocycles. The first-order chi connectivity index (χ1) is 8.59. The Morgan fingerprint density at radius 2 is 2.00 bits per heavy atom. The molecule has 1 amide bonds. The van der Waals surface area contributed by atoms with Crippen LogP contribution in [0.3, 0.4) is 0 Å². The molecule has 3 nitrogen and oxygen atoms in total. The number of carbonyl (C=O) groups excluding carboxylic acids is 1. The van der Waals surface area contributed by atoms with Gasteiger partial charge in [-0.15, -0.1) is 0 Å². The van der Waals surface area contributed by atoms with Crippen molar-refractivity contribution in [1.29, 1.82) is 0 Å². The molecule has 92 valence electrons. The number of halogens is 2. The van der Waals surface area contributed by atoms with Crippen molar-refractivity contribution in [2.45, 2.75) is 6.92 Å². The number of nitrogens with one attached hydrogen (secondary N) is 1. The van der Waals surface area contributed by atoms with E-state index in [1.807, 2.05) is 25.1 Å². The van der Waals surface area contributed by atoms with Crippen LogP contribution in [0.4, 0.5) is 5.69 Å². The maximum atomic E-state index is 12.1. The quantitative estimate of drug-likeness (QED) is 0.807. The van der Waals surface area contributed by atoms with Gasteiger partial charge in [0.2, 0.25) is 0 Å². The van der Waals surface area contributed by atoms with Crippen LogP contribution in [0.2, 0.25) is 0 Å². The molecule has 5 heteroatoms. The van der Waals surface area contributed by atoms with Crippen LogP contribution in [0.15, 0.2) is 45.6 Å². The highest BCUT2D eigenvalue weighted by atomic mass is 79.9. The number of hydrogen-bond acceptors (Lipinski definition) is 2. The molecule has 0 atom stereocenters. The lowest BCUT2D eigenvalue weighted by Gasteiger charge is -2.10. The van der Waals surface area contributed by atoms with Crippen molar-refractivity contribution < 1.29 is 4.79 Å². The second-order valence-electron chi connectivity index (χ2n) is 3.71. The first-order valence-corrected chi connectivity index (χ1v) is 6.85. The predicted octanol–water partition coefficient (Wildman–Crippen LogP) is 4.17. The summed E-state index contributed by atoms with van der Waals surface area (Å²) in [6.07, 6.45) is 1.63. The molecule has 1 aromatic carbocycles. The number of carbonyl (C=O) groups is 1. The van der Waals surface area contributed by atoms with E-state index >= 15 is 0 Å². The number of amides is 1. The van der Waals surface area contributed by atoms with E-state index in [0.717, 1.165) is 15.7 Å². The first kappa shape index (κ1) is 13.2.